The van der Waals surface area contributed by atoms with Crippen molar-refractivity contribution in [3.8, 4) is 6.07 Å². The Bertz CT molecular complexity index is 431. The summed E-state index contributed by atoms with van der Waals surface area (Å²) in [6, 6.07) is 8.37. The molecule has 1 saturated heterocycles. The number of rotatable bonds is 1. The number of pyridine rings is 1. The van der Waals surface area contributed by atoms with Crippen LogP contribution in [0.3, 0.4) is 0 Å². The van der Waals surface area contributed by atoms with E-state index in [0.717, 1.165) is 31.6 Å². The third kappa shape index (κ3) is 2.39. The highest BCUT2D eigenvalue weighted by molar-refractivity contribution is 5.27. The van der Waals surface area contributed by atoms with Gasteiger partial charge in [-0.25, -0.2) is 0 Å². The zero-order valence-corrected chi connectivity index (χ0v) is 11.5. The Hall–Kier alpha value is -1.40. The maximum atomic E-state index is 9.58. The first-order valence-electron chi connectivity index (χ1n) is 6.56. The molecule has 96 valence electrons. The van der Waals surface area contributed by atoms with Gasteiger partial charge in [0, 0.05) is 24.8 Å². The highest BCUT2D eigenvalue weighted by Crippen LogP contribution is 2.35. The SMILES string of the molecule is CC(C)(C)N1CCC(C#N)(c2ccccn2)CC1. The monoisotopic (exact) mass is 243 g/mol. The molecule has 1 aliphatic rings. The first kappa shape index (κ1) is 13.0. The van der Waals surface area contributed by atoms with Crippen molar-refractivity contribution in [2.24, 2.45) is 0 Å². The topological polar surface area (TPSA) is 39.9 Å². The number of hydrogen-bond donors (Lipinski definition) is 0. The van der Waals surface area contributed by atoms with Crippen LogP contribution in [0.25, 0.3) is 0 Å². The Labute approximate surface area is 109 Å². The Morgan fingerprint density at radius 1 is 1.28 bits per heavy atom. The third-order valence-corrected chi connectivity index (χ3v) is 3.93. The number of piperidine rings is 1. The molecule has 0 aliphatic carbocycles. The van der Waals surface area contributed by atoms with Crippen molar-refractivity contribution in [2.75, 3.05) is 13.1 Å². The van der Waals surface area contributed by atoms with Crippen LogP contribution in [-0.4, -0.2) is 28.5 Å². The highest BCUT2D eigenvalue weighted by Gasteiger charge is 2.39. The van der Waals surface area contributed by atoms with Gasteiger partial charge in [-0.2, -0.15) is 5.26 Å². The molecule has 0 saturated carbocycles. The van der Waals surface area contributed by atoms with E-state index in [4.69, 9.17) is 0 Å². The molecule has 1 aromatic rings. The van der Waals surface area contributed by atoms with Gasteiger partial charge in [-0.1, -0.05) is 6.07 Å². The van der Waals surface area contributed by atoms with Gasteiger partial charge >= 0.3 is 0 Å². The number of aromatic nitrogens is 1. The molecule has 2 rings (SSSR count). The van der Waals surface area contributed by atoms with Crippen LogP contribution in [0.1, 0.15) is 39.3 Å². The molecule has 1 fully saturated rings. The summed E-state index contributed by atoms with van der Waals surface area (Å²) >= 11 is 0. The van der Waals surface area contributed by atoms with Crippen LogP contribution in [0.15, 0.2) is 24.4 Å². The summed E-state index contributed by atoms with van der Waals surface area (Å²) in [5.74, 6) is 0. The van der Waals surface area contributed by atoms with Gasteiger partial charge in [0.25, 0.3) is 0 Å². The second-order valence-corrected chi connectivity index (χ2v) is 6.07. The molecular formula is C15H21N3. The number of likely N-dealkylation sites (tertiary alicyclic amines) is 1. The summed E-state index contributed by atoms with van der Waals surface area (Å²) in [7, 11) is 0. The van der Waals surface area contributed by atoms with Crippen LogP contribution in [0.5, 0.6) is 0 Å². The fourth-order valence-corrected chi connectivity index (χ4v) is 2.63. The smallest absolute Gasteiger partial charge is 0.102 e. The lowest BCUT2D eigenvalue weighted by Gasteiger charge is -2.43. The van der Waals surface area contributed by atoms with E-state index < -0.39 is 0 Å². The molecule has 0 amide bonds. The Balaban J connectivity index is 2.18. The molecule has 0 N–H and O–H groups in total. The van der Waals surface area contributed by atoms with Crippen molar-refractivity contribution < 1.29 is 0 Å². The van der Waals surface area contributed by atoms with Gasteiger partial charge in [-0.15, -0.1) is 0 Å². The van der Waals surface area contributed by atoms with Crippen molar-refractivity contribution in [3.63, 3.8) is 0 Å². The van der Waals surface area contributed by atoms with Crippen LogP contribution in [0, 0.1) is 11.3 Å². The summed E-state index contributed by atoms with van der Waals surface area (Å²) in [4.78, 5) is 6.84. The predicted octanol–water partition coefficient (Wildman–Crippen LogP) is 2.74. The maximum absolute atomic E-state index is 9.58. The van der Waals surface area contributed by atoms with E-state index in [-0.39, 0.29) is 11.0 Å². The van der Waals surface area contributed by atoms with E-state index in [0.29, 0.717) is 0 Å². The average molecular weight is 243 g/mol. The van der Waals surface area contributed by atoms with E-state index in [9.17, 15) is 5.26 Å². The molecule has 0 radical (unpaired) electrons. The van der Waals surface area contributed by atoms with Crippen LogP contribution in [0.4, 0.5) is 0 Å². The van der Waals surface area contributed by atoms with E-state index in [1.54, 1.807) is 6.20 Å². The standard InChI is InChI=1S/C15H21N3/c1-14(2,3)18-10-7-15(12-16,8-11-18)13-6-4-5-9-17-13/h4-6,9H,7-8,10-11H2,1-3H3. The van der Waals surface area contributed by atoms with Crippen molar-refractivity contribution in [1.82, 2.24) is 9.88 Å². The summed E-state index contributed by atoms with van der Waals surface area (Å²) in [6.07, 6.45) is 3.53. The molecule has 18 heavy (non-hydrogen) atoms. The number of hydrogen-bond acceptors (Lipinski definition) is 3. The van der Waals surface area contributed by atoms with Gasteiger partial charge in [0.1, 0.15) is 5.41 Å². The zero-order valence-electron chi connectivity index (χ0n) is 11.5. The number of nitrogens with zero attached hydrogens (tertiary/aromatic N) is 3. The fourth-order valence-electron chi connectivity index (χ4n) is 2.63. The summed E-state index contributed by atoms with van der Waals surface area (Å²) < 4.78 is 0. The minimum Gasteiger partial charge on any atom is -0.298 e. The van der Waals surface area contributed by atoms with E-state index >= 15 is 0 Å². The van der Waals surface area contributed by atoms with E-state index in [1.807, 2.05) is 18.2 Å². The van der Waals surface area contributed by atoms with Crippen molar-refractivity contribution in [3.05, 3.63) is 30.1 Å². The second-order valence-electron chi connectivity index (χ2n) is 6.07. The third-order valence-electron chi connectivity index (χ3n) is 3.93. The zero-order chi connectivity index (χ0) is 13.2. The summed E-state index contributed by atoms with van der Waals surface area (Å²) in [5, 5.41) is 9.58. The first-order chi connectivity index (χ1) is 8.48. The highest BCUT2D eigenvalue weighted by atomic mass is 15.2. The van der Waals surface area contributed by atoms with E-state index in [2.05, 4.69) is 36.7 Å². The maximum Gasteiger partial charge on any atom is 0.102 e. The molecule has 2 heterocycles. The van der Waals surface area contributed by atoms with Gasteiger partial charge in [-0.3, -0.25) is 9.88 Å². The van der Waals surface area contributed by atoms with Crippen LogP contribution >= 0.6 is 0 Å². The summed E-state index contributed by atoms with van der Waals surface area (Å²) in [6.45, 7) is 8.62. The molecule has 0 unspecified atom stereocenters. The largest absolute Gasteiger partial charge is 0.298 e. The molecule has 0 bridgehead atoms. The van der Waals surface area contributed by atoms with Crippen molar-refractivity contribution >= 4 is 0 Å². The molecular weight excluding hydrogens is 222 g/mol. The minimum absolute atomic E-state index is 0.186. The minimum atomic E-state index is -0.386. The number of nitriles is 1. The first-order valence-corrected chi connectivity index (χ1v) is 6.56. The lowest BCUT2D eigenvalue weighted by molar-refractivity contribution is 0.0875. The second kappa shape index (κ2) is 4.70. The lowest BCUT2D eigenvalue weighted by Crippen LogP contribution is -2.50. The molecule has 0 aromatic carbocycles. The van der Waals surface area contributed by atoms with Crippen molar-refractivity contribution in [2.45, 2.75) is 44.6 Å². The average Bonchev–Trinajstić information content (AvgIpc) is 2.39. The van der Waals surface area contributed by atoms with Gasteiger partial charge in [0.15, 0.2) is 0 Å². The summed E-state index contributed by atoms with van der Waals surface area (Å²) in [5.41, 5.74) is 0.732. The van der Waals surface area contributed by atoms with Gasteiger partial charge in [0.2, 0.25) is 0 Å². The Morgan fingerprint density at radius 3 is 2.39 bits per heavy atom. The van der Waals surface area contributed by atoms with Crippen LogP contribution in [0.2, 0.25) is 0 Å². The van der Waals surface area contributed by atoms with Gasteiger partial charge in [0.05, 0.1) is 11.8 Å². The van der Waals surface area contributed by atoms with Crippen LogP contribution < -0.4 is 0 Å². The van der Waals surface area contributed by atoms with Gasteiger partial charge < -0.3 is 0 Å². The van der Waals surface area contributed by atoms with Gasteiger partial charge in [-0.05, 0) is 45.7 Å². The Morgan fingerprint density at radius 2 is 1.94 bits per heavy atom. The molecule has 0 atom stereocenters. The quantitative estimate of drug-likeness (QED) is 0.761. The fraction of sp³-hybridized carbons (Fsp3) is 0.600. The molecule has 3 heteroatoms. The normalized spacial score (nSPS) is 20.3. The molecule has 0 spiro atoms. The Kier molecular flexibility index (Phi) is 3.41. The molecule has 3 nitrogen and oxygen atoms in total. The molecule has 1 aromatic heterocycles. The predicted molar refractivity (Wildman–Crippen MR) is 72.1 cm³/mol. The molecule has 1 aliphatic heterocycles. The van der Waals surface area contributed by atoms with Crippen molar-refractivity contribution in [1.29, 1.82) is 5.26 Å². The lowest BCUT2D eigenvalue weighted by atomic mass is 9.76. The van der Waals surface area contributed by atoms with E-state index in [1.165, 1.54) is 0 Å². The van der Waals surface area contributed by atoms with Crippen LogP contribution in [-0.2, 0) is 5.41 Å².